The fourth-order valence-corrected chi connectivity index (χ4v) is 6.33. The highest BCUT2D eigenvalue weighted by Crippen LogP contribution is 2.37. The van der Waals surface area contributed by atoms with Crippen LogP contribution in [-0.2, 0) is 14.3 Å². The van der Waals surface area contributed by atoms with Crippen molar-refractivity contribution in [1.29, 1.82) is 0 Å². The molecule has 10 nitrogen and oxygen atoms in total. The smallest absolute Gasteiger partial charge is 0.338 e. The number of benzene rings is 2. The second-order valence-electron chi connectivity index (χ2n) is 9.73. The molecule has 5 rings (SSSR count). The standard InChI is InChI=1S/C29H29BrFN5O5S/c1-2-41-29(40)23-21(16-35-10-12-36(13-11-35)25(28(38)39)19-5-3-4-6-22(19)37)33-26(27-32-9-14-42-27)34-24(23)18-8-7-17(31)15-20(18)30/h3-9,14-15,24-25,37H,2,10-13,16H2,1H3,(H,33,34)(H,38,39). The van der Waals surface area contributed by atoms with E-state index in [4.69, 9.17) is 9.73 Å². The molecule has 1 fully saturated rings. The zero-order valence-electron chi connectivity index (χ0n) is 22.7. The van der Waals surface area contributed by atoms with Crippen LogP contribution in [0.25, 0.3) is 0 Å². The van der Waals surface area contributed by atoms with Crippen molar-refractivity contribution in [2.24, 2.45) is 4.99 Å². The van der Waals surface area contributed by atoms with Gasteiger partial charge in [0.25, 0.3) is 0 Å². The summed E-state index contributed by atoms with van der Waals surface area (Å²) in [5.41, 5.74) is 1.84. The number of halogens is 2. The van der Waals surface area contributed by atoms with Gasteiger partial charge in [-0.15, -0.1) is 11.3 Å². The van der Waals surface area contributed by atoms with Crippen LogP contribution in [0.4, 0.5) is 4.39 Å². The third kappa shape index (κ3) is 6.38. The number of phenols is 1. The quantitative estimate of drug-likeness (QED) is 0.291. The maximum atomic E-state index is 14.0. The van der Waals surface area contributed by atoms with E-state index in [0.717, 1.165) is 0 Å². The summed E-state index contributed by atoms with van der Waals surface area (Å²) in [6.45, 7) is 4.08. The van der Waals surface area contributed by atoms with Crippen LogP contribution in [0.15, 0.2) is 74.8 Å². The Labute approximate surface area is 254 Å². The molecule has 2 aliphatic rings. The number of aromatic nitrogens is 1. The number of thiazole rings is 1. The Morgan fingerprint density at radius 1 is 1.21 bits per heavy atom. The number of carbonyl (C=O) groups is 2. The SMILES string of the molecule is CCOC(=O)C1=C(CN2CCN(C(C(=O)O)c3ccccc3O)CC2)NC(c2nccs2)=NC1c1ccc(F)cc1Br. The highest BCUT2D eigenvalue weighted by Gasteiger charge is 2.36. The van der Waals surface area contributed by atoms with Crippen molar-refractivity contribution in [3.8, 4) is 5.75 Å². The Bertz CT molecular complexity index is 1520. The Balaban J connectivity index is 1.45. The number of carboxylic acid groups (broad SMARTS) is 1. The van der Waals surface area contributed by atoms with Gasteiger partial charge in [-0.05, 0) is 30.7 Å². The summed E-state index contributed by atoms with van der Waals surface area (Å²) in [5, 5.41) is 26.1. The van der Waals surface area contributed by atoms with Gasteiger partial charge in [0.2, 0.25) is 0 Å². The van der Waals surface area contributed by atoms with Crippen LogP contribution in [-0.4, -0.2) is 82.1 Å². The number of hydrogen-bond donors (Lipinski definition) is 3. The molecule has 220 valence electrons. The minimum Gasteiger partial charge on any atom is -0.508 e. The van der Waals surface area contributed by atoms with Crippen LogP contribution in [0.3, 0.4) is 0 Å². The number of aromatic hydroxyl groups is 1. The maximum Gasteiger partial charge on any atom is 0.338 e. The van der Waals surface area contributed by atoms with Gasteiger partial charge in [-0.25, -0.2) is 14.2 Å². The predicted molar refractivity (Wildman–Crippen MR) is 159 cm³/mol. The van der Waals surface area contributed by atoms with Crippen molar-refractivity contribution in [2.75, 3.05) is 39.3 Å². The topological polar surface area (TPSA) is 128 Å². The molecule has 0 aliphatic carbocycles. The lowest BCUT2D eigenvalue weighted by molar-refractivity contribution is -0.144. The summed E-state index contributed by atoms with van der Waals surface area (Å²) in [5.74, 6) is -1.57. The van der Waals surface area contributed by atoms with Crippen LogP contribution in [0, 0.1) is 5.82 Å². The lowest BCUT2D eigenvalue weighted by Gasteiger charge is -2.39. The van der Waals surface area contributed by atoms with E-state index in [0.29, 0.717) is 70.4 Å². The molecule has 3 N–H and O–H groups in total. The number of ether oxygens (including phenoxy) is 1. The second-order valence-corrected chi connectivity index (χ2v) is 11.5. The molecule has 13 heteroatoms. The van der Waals surface area contributed by atoms with Crippen molar-refractivity contribution in [3.05, 3.63) is 91.7 Å². The van der Waals surface area contributed by atoms with E-state index in [1.165, 1.54) is 29.5 Å². The fraction of sp³-hybridized carbons (Fsp3) is 0.310. The normalized spacial score (nSPS) is 18.7. The maximum absolute atomic E-state index is 14.0. The summed E-state index contributed by atoms with van der Waals surface area (Å²) >= 11 is 4.84. The Morgan fingerprint density at radius 2 is 1.98 bits per heavy atom. The Hall–Kier alpha value is -3.65. The Morgan fingerprint density at radius 3 is 2.62 bits per heavy atom. The van der Waals surface area contributed by atoms with Gasteiger partial charge in [0.05, 0.1) is 12.2 Å². The van der Waals surface area contributed by atoms with E-state index in [2.05, 4.69) is 31.1 Å². The molecule has 0 amide bonds. The van der Waals surface area contributed by atoms with E-state index < -0.39 is 29.8 Å². The molecule has 3 heterocycles. The first kappa shape index (κ1) is 29.8. The van der Waals surface area contributed by atoms with E-state index in [9.17, 15) is 24.2 Å². The van der Waals surface area contributed by atoms with Gasteiger partial charge >= 0.3 is 11.9 Å². The second kappa shape index (κ2) is 13.1. The number of phenolic OH excluding ortho intramolecular Hbond substituents is 1. The Kier molecular flexibility index (Phi) is 9.31. The van der Waals surface area contributed by atoms with Gasteiger partial charge in [-0.3, -0.25) is 19.6 Å². The van der Waals surface area contributed by atoms with Gasteiger partial charge in [0.1, 0.15) is 23.7 Å². The predicted octanol–water partition coefficient (Wildman–Crippen LogP) is 4.10. The fourth-order valence-electron chi connectivity index (χ4n) is 5.17. The number of rotatable bonds is 9. The zero-order chi connectivity index (χ0) is 29.8. The molecule has 0 saturated carbocycles. The number of para-hydroxylation sites is 1. The molecule has 1 saturated heterocycles. The number of aliphatic imine (C=N–C) groups is 1. The number of nitrogens with zero attached hydrogens (tertiary/aromatic N) is 4. The van der Waals surface area contributed by atoms with E-state index in [1.807, 2.05) is 10.3 Å². The molecule has 0 radical (unpaired) electrons. The molecular formula is C29H29BrFN5O5S. The van der Waals surface area contributed by atoms with E-state index >= 15 is 0 Å². The molecule has 2 atom stereocenters. The molecule has 1 aromatic heterocycles. The van der Waals surface area contributed by atoms with Gasteiger partial charge < -0.3 is 20.3 Å². The summed E-state index contributed by atoms with van der Waals surface area (Å²) in [6, 6.07) is 8.95. The van der Waals surface area contributed by atoms with Crippen molar-refractivity contribution >= 4 is 45.0 Å². The average molecular weight is 659 g/mol. The third-order valence-electron chi connectivity index (χ3n) is 7.13. The lowest BCUT2D eigenvalue weighted by Crippen LogP contribution is -2.51. The van der Waals surface area contributed by atoms with Crippen LogP contribution in [0.5, 0.6) is 5.75 Å². The number of nitrogens with one attached hydrogen (secondary N) is 1. The molecule has 42 heavy (non-hydrogen) atoms. The van der Waals surface area contributed by atoms with Crippen molar-refractivity contribution < 1.29 is 28.9 Å². The summed E-state index contributed by atoms with van der Waals surface area (Å²) in [4.78, 5) is 38.8. The van der Waals surface area contributed by atoms with Gasteiger partial charge in [0.15, 0.2) is 10.8 Å². The van der Waals surface area contributed by atoms with Crippen molar-refractivity contribution in [3.63, 3.8) is 0 Å². The number of piperazine rings is 1. The van der Waals surface area contributed by atoms with Crippen LogP contribution < -0.4 is 5.32 Å². The largest absolute Gasteiger partial charge is 0.508 e. The number of aliphatic carboxylic acids is 1. The number of amidine groups is 1. The summed E-state index contributed by atoms with van der Waals surface area (Å²) in [7, 11) is 0. The molecule has 0 bridgehead atoms. The highest BCUT2D eigenvalue weighted by atomic mass is 79.9. The first-order chi connectivity index (χ1) is 20.3. The molecule has 2 aromatic carbocycles. The van der Waals surface area contributed by atoms with Crippen molar-refractivity contribution in [1.82, 2.24) is 20.1 Å². The third-order valence-corrected chi connectivity index (χ3v) is 8.60. The average Bonchev–Trinajstić information content (AvgIpc) is 3.50. The van der Waals surface area contributed by atoms with Crippen molar-refractivity contribution in [2.45, 2.75) is 19.0 Å². The number of carboxylic acids is 1. The minimum atomic E-state index is -1.04. The molecule has 2 unspecified atom stereocenters. The van der Waals surface area contributed by atoms with Crippen LogP contribution in [0.2, 0.25) is 0 Å². The highest BCUT2D eigenvalue weighted by molar-refractivity contribution is 9.10. The minimum absolute atomic E-state index is 0.0602. The summed E-state index contributed by atoms with van der Waals surface area (Å²) < 4.78 is 19.9. The van der Waals surface area contributed by atoms with Gasteiger partial charge in [-0.2, -0.15) is 0 Å². The summed E-state index contributed by atoms with van der Waals surface area (Å²) in [6.07, 6.45) is 1.67. The first-order valence-corrected chi connectivity index (χ1v) is 15.0. The molecule has 0 spiro atoms. The van der Waals surface area contributed by atoms with Gasteiger partial charge in [-0.1, -0.05) is 40.2 Å². The van der Waals surface area contributed by atoms with Gasteiger partial charge in [0, 0.05) is 60.0 Å². The zero-order valence-corrected chi connectivity index (χ0v) is 25.1. The van der Waals surface area contributed by atoms with E-state index in [-0.39, 0.29) is 12.4 Å². The molecular weight excluding hydrogens is 629 g/mol. The van der Waals surface area contributed by atoms with Crippen LogP contribution >= 0.6 is 27.3 Å². The van der Waals surface area contributed by atoms with Crippen LogP contribution in [0.1, 0.15) is 35.1 Å². The molecule has 3 aromatic rings. The monoisotopic (exact) mass is 657 g/mol. The lowest BCUT2D eigenvalue weighted by atomic mass is 9.95. The number of carbonyl (C=O) groups excluding carboxylic acids is 1. The van der Waals surface area contributed by atoms with E-state index in [1.54, 1.807) is 37.4 Å². The number of esters is 1. The molecule has 2 aliphatic heterocycles. The number of hydrogen-bond acceptors (Lipinski definition) is 10. The first-order valence-electron chi connectivity index (χ1n) is 13.3.